The Balaban J connectivity index is 1.43. The summed E-state index contributed by atoms with van der Waals surface area (Å²) < 4.78 is 5.49. The van der Waals surface area contributed by atoms with Gasteiger partial charge in [0.05, 0.1) is 12.2 Å². The van der Waals surface area contributed by atoms with Crippen LogP contribution in [-0.4, -0.2) is 49.3 Å². The number of carbonyl (C=O) groups is 1. The molecule has 2 aliphatic heterocycles. The lowest BCUT2D eigenvalue weighted by atomic mass is 10.1. The van der Waals surface area contributed by atoms with E-state index in [9.17, 15) is 4.79 Å². The van der Waals surface area contributed by atoms with Gasteiger partial charge in [-0.25, -0.2) is 4.79 Å². The lowest BCUT2D eigenvalue weighted by molar-refractivity contribution is 0.0871. The van der Waals surface area contributed by atoms with E-state index in [-0.39, 0.29) is 6.09 Å². The second-order valence-corrected chi connectivity index (χ2v) is 7.94. The van der Waals surface area contributed by atoms with Crippen LogP contribution >= 0.6 is 0 Å². The maximum absolute atomic E-state index is 12.3. The molecule has 2 heterocycles. The summed E-state index contributed by atoms with van der Waals surface area (Å²) in [7, 11) is 0. The summed E-state index contributed by atoms with van der Waals surface area (Å²) in [6.07, 6.45) is -0.249. The smallest absolute Gasteiger partial charge is 0.415 e. The fourth-order valence-electron chi connectivity index (χ4n) is 3.90. The number of hydrogen-bond donors (Lipinski definition) is 0. The van der Waals surface area contributed by atoms with Crippen molar-refractivity contribution in [1.29, 1.82) is 0 Å². The van der Waals surface area contributed by atoms with Crippen LogP contribution in [0.1, 0.15) is 19.4 Å². The molecule has 5 nitrogen and oxygen atoms in total. The van der Waals surface area contributed by atoms with Crippen molar-refractivity contribution < 1.29 is 9.53 Å². The number of para-hydroxylation sites is 2. The summed E-state index contributed by atoms with van der Waals surface area (Å²) >= 11 is 0. The Bertz CT molecular complexity index is 798. The third kappa shape index (κ3) is 3.93. The maximum atomic E-state index is 12.3. The third-order valence-corrected chi connectivity index (χ3v) is 5.29. The van der Waals surface area contributed by atoms with Crippen LogP contribution in [0.4, 0.5) is 16.2 Å². The summed E-state index contributed by atoms with van der Waals surface area (Å²) in [4.78, 5) is 19.0. The molecule has 27 heavy (non-hydrogen) atoms. The van der Waals surface area contributed by atoms with Crippen LogP contribution in [0.15, 0.2) is 54.6 Å². The average molecular weight is 365 g/mol. The van der Waals surface area contributed by atoms with Gasteiger partial charge >= 0.3 is 6.09 Å². The Kier molecular flexibility index (Phi) is 4.79. The molecule has 4 rings (SSSR count). The van der Waals surface area contributed by atoms with Crippen LogP contribution in [0.25, 0.3) is 0 Å². The Morgan fingerprint density at radius 1 is 0.926 bits per heavy atom. The summed E-state index contributed by atoms with van der Waals surface area (Å²) in [5.41, 5.74) is 3.00. The number of hydrogen-bond acceptors (Lipinski definition) is 4. The van der Waals surface area contributed by atoms with E-state index in [2.05, 4.69) is 46.2 Å². The number of anilines is 2. The molecule has 2 aromatic carbocycles. The van der Waals surface area contributed by atoms with Crippen LogP contribution in [0.2, 0.25) is 0 Å². The molecule has 0 unspecified atom stereocenters. The second kappa shape index (κ2) is 7.24. The molecule has 2 saturated heterocycles. The number of benzene rings is 2. The zero-order valence-corrected chi connectivity index (χ0v) is 16.1. The van der Waals surface area contributed by atoms with E-state index in [0.717, 1.165) is 38.4 Å². The van der Waals surface area contributed by atoms with Crippen LogP contribution in [-0.2, 0) is 11.3 Å². The molecule has 2 aliphatic rings. The van der Waals surface area contributed by atoms with Crippen LogP contribution in [0.3, 0.4) is 0 Å². The van der Waals surface area contributed by atoms with Crippen LogP contribution < -0.4 is 9.80 Å². The van der Waals surface area contributed by atoms with Crippen molar-refractivity contribution >= 4 is 17.5 Å². The molecule has 0 spiro atoms. The topological polar surface area (TPSA) is 36.0 Å². The molecule has 0 atom stereocenters. The molecule has 0 aromatic heterocycles. The fraction of sp³-hybridized carbons (Fsp3) is 0.409. The number of cyclic esters (lactones) is 1. The van der Waals surface area contributed by atoms with Gasteiger partial charge in [0.2, 0.25) is 0 Å². The molecule has 0 aliphatic carbocycles. The number of rotatable bonds is 4. The number of nitrogens with zero attached hydrogens (tertiary/aromatic N) is 3. The normalized spacial score (nSPS) is 20.0. The van der Waals surface area contributed by atoms with Crippen molar-refractivity contribution in [3.8, 4) is 0 Å². The highest BCUT2D eigenvalue weighted by Crippen LogP contribution is 2.31. The Morgan fingerprint density at radius 2 is 1.59 bits per heavy atom. The molecule has 1 amide bonds. The first-order valence-corrected chi connectivity index (χ1v) is 9.63. The van der Waals surface area contributed by atoms with E-state index in [1.807, 2.05) is 32.0 Å². The Hall–Kier alpha value is -2.53. The van der Waals surface area contributed by atoms with Gasteiger partial charge in [-0.15, -0.1) is 0 Å². The number of ether oxygens (including phenoxy) is 1. The van der Waals surface area contributed by atoms with E-state index in [0.29, 0.717) is 6.54 Å². The molecule has 0 saturated carbocycles. The monoisotopic (exact) mass is 365 g/mol. The fourth-order valence-corrected chi connectivity index (χ4v) is 3.90. The number of piperazine rings is 1. The van der Waals surface area contributed by atoms with Crippen molar-refractivity contribution in [2.75, 3.05) is 42.5 Å². The van der Waals surface area contributed by atoms with Gasteiger partial charge in [0, 0.05) is 38.4 Å². The van der Waals surface area contributed by atoms with Gasteiger partial charge in [0.25, 0.3) is 0 Å². The lowest BCUT2D eigenvalue weighted by Crippen LogP contribution is -2.46. The predicted molar refractivity (Wildman–Crippen MR) is 108 cm³/mol. The SMILES string of the molecule is CC1(C)CN(c2ccccc2CN2CCN(c3ccccc3)CC2)C(=O)O1. The maximum Gasteiger partial charge on any atom is 0.415 e. The van der Waals surface area contributed by atoms with Gasteiger partial charge in [-0.2, -0.15) is 0 Å². The third-order valence-electron chi connectivity index (χ3n) is 5.29. The van der Waals surface area contributed by atoms with Gasteiger partial charge in [-0.1, -0.05) is 36.4 Å². The zero-order valence-electron chi connectivity index (χ0n) is 16.1. The highest BCUT2D eigenvalue weighted by molar-refractivity contribution is 5.91. The highest BCUT2D eigenvalue weighted by Gasteiger charge is 2.39. The van der Waals surface area contributed by atoms with E-state index in [4.69, 9.17) is 4.74 Å². The zero-order chi connectivity index (χ0) is 18.9. The van der Waals surface area contributed by atoms with E-state index in [1.54, 1.807) is 4.90 Å². The molecule has 0 radical (unpaired) electrons. The van der Waals surface area contributed by atoms with Crippen molar-refractivity contribution in [3.63, 3.8) is 0 Å². The standard InChI is InChI=1S/C22H27N3O2/c1-22(2)17-25(21(26)27-22)20-11-7-6-8-18(20)16-23-12-14-24(15-13-23)19-9-4-3-5-10-19/h3-11H,12-17H2,1-2H3. The summed E-state index contributed by atoms with van der Waals surface area (Å²) in [5.74, 6) is 0. The van der Waals surface area contributed by atoms with Crippen LogP contribution in [0.5, 0.6) is 0 Å². The molecular weight excluding hydrogens is 338 g/mol. The molecule has 2 fully saturated rings. The van der Waals surface area contributed by atoms with Gasteiger partial charge in [0.1, 0.15) is 5.60 Å². The minimum atomic E-state index is -0.439. The number of amides is 1. The van der Waals surface area contributed by atoms with Gasteiger partial charge < -0.3 is 9.64 Å². The first kappa shape index (κ1) is 17.9. The predicted octanol–water partition coefficient (Wildman–Crippen LogP) is 3.74. The largest absolute Gasteiger partial charge is 0.441 e. The summed E-state index contributed by atoms with van der Waals surface area (Å²) in [6, 6.07) is 18.8. The summed E-state index contributed by atoms with van der Waals surface area (Å²) in [6.45, 7) is 9.41. The van der Waals surface area contributed by atoms with Crippen molar-refractivity contribution in [2.45, 2.75) is 26.0 Å². The highest BCUT2D eigenvalue weighted by atomic mass is 16.6. The minimum Gasteiger partial charge on any atom is -0.441 e. The lowest BCUT2D eigenvalue weighted by Gasteiger charge is -2.36. The van der Waals surface area contributed by atoms with E-state index < -0.39 is 5.60 Å². The minimum absolute atomic E-state index is 0.249. The van der Waals surface area contributed by atoms with Gasteiger partial charge in [-0.05, 0) is 37.6 Å². The summed E-state index contributed by atoms with van der Waals surface area (Å²) in [5, 5.41) is 0. The van der Waals surface area contributed by atoms with E-state index >= 15 is 0 Å². The number of carbonyl (C=O) groups excluding carboxylic acids is 1. The van der Waals surface area contributed by atoms with Crippen molar-refractivity contribution in [2.24, 2.45) is 0 Å². The molecule has 5 heteroatoms. The van der Waals surface area contributed by atoms with Gasteiger partial charge in [-0.3, -0.25) is 9.80 Å². The first-order chi connectivity index (χ1) is 13.0. The molecule has 0 N–H and O–H groups in total. The van der Waals surface area contributed by atoms with Crippen molar-refractivity contribution in [1.82, 2.24) is 4.90 Å². The average Bonchev–Trinajstić information content (AvgIpc) is 2.96. The molecule has 0 bridgehead atoms. The molecular formula is C22H27N3O2. The first-order valence-electron chi connectivity index (χ1n) is 9.63. The Labute approximate surface area is 161 Å². The van der Waals surface area contributed by atoms with Crippen LogP contribution in [0, 0.1) is 0 Å². The molecule has 142 valence electrons. The Morgan fingerprint density at radius 3 is 2.26 bits per heavy atom. The van der Waals surface area contributed by atoms with Crippen molar-refractivity contribution in [3.05, 3.63) is 60.2 Å². The molecule has 2 aromatic rings. The van der Waals surface area contributed by atoms with Gasteiger partial charge in [0.15, 0.2) is 0 Å². The quantitative estimate of drug-likeness (QED) is 0.827. The second-order valence-electron chi connectivity index (χ2n) is 7.94. The van der Waals surface area contributed by atoms with E-state index in [1.165, 1.54) is 11.3 Å².